The van der Waals surface area contributed by atoms with Gasteiger partial charge in [-0.2, -0.15) is 0 Å². The van der Waals surface area contributed by atoms with Crippen molar-refractivity contribution >= 4 is 10.0 Å². The van der Waals surface area contributed by atoms with E-state index < -0.39 is 15.9 Å². The molecule has 0 spiro atoms. The number of sulfonamides is 1. The van der Waals surface area contributed by atoms with Crippen molar-refractivity contribution in [3.05, 3.63) is 22.9 Å². The molecular weight excluding hydrogens is 193 g/mol. The van der Waals surface area contributed by atoms with Crippen LogP contribution in [0.4, 0.5) is 4.39 Å². The molecule has 0 heterocycles. The van der Waals surface area contributed by atoms with Crippen molar-refractivity contribution in [3.8, 4) is 0 Å². The second-order valence-corrected chi connectivity index (χ2v) is 4.45. The molecule has 0 rings (SSSR count). The number of rotatable bonds is 4. The monoisotopic (exact) mass is 207 g/mol. The van der Waals surface area contributed by atoms with Gasteiger partial charge in [-0.25, -0.2) is 17.5 Å². The summed E-state index contributed by atoms with van der Waals surface area (Å²) in [4.78, 5) is -0.292. The Labute approximate surface area is 78.4 Å². The molecule has 0 unspecified atom stereocenters. The third-order valence-corrected chi connectivity index (χ3v) is 3.05. The summed E-state index contributed by atoms with van der Waals surface area (Å²) in [5.74, 6) is -0.726. The van der Waals surface area contributed by atoms with Crippen LogP contribution in [0.3, 0.4) is 0 Å². The zero-order chi connectivity index (χ0) is 10.5. The summed E-state index contributed by atoms with van der Waals surface area (Å²) in [5, 5.41) is 0. The number of allylic oxidation sites excluding steroid dienone is 4. The first-order chi connectivity index (χ1) is 5.95. The van der Waals surface area contributed by atoms with Crippen LogP contribution in [0.2, 0.25) is 0 Å². The second-order valence-electron chi connectivity index (χ2n) is 2.42. The molecule has 0 fully saturated rings. The highest BCUT2D eigenvalue weighted by Gasteiger charge is 2.13. The summed E-state index contributed by atoms with van der Waals surface area (Å²) in [6.07, 6.45) is 3.38. The van der Waals surface area contributed by atoms with Gasteiger partial charge in [0.25, 0.3) is 0 Å². The Morgan fingerprint density at radius 1 is 1.54 bits per heavy atom. The van der Waals surface area contributed by atoms with Crippen LogP contribution in [0.15, 0.2) is 22.9 Å². The molecule has 0 bridgehead atoms. The first kappa shape index (κ1) is 12.3. The van der Waals surface area contributed by atoms with E-state index in [1.54, 1.807) is 6.08 Å². The first-order valence-electron chi connectivity index (χ1n) is 3.92. The standard InChI is InChI=1S/C8H14FNO2S/c1-4-5-6-8(9)7(2)13(11,12)10-3/h5-6,10H,4H2,1-3H3/b6-5-,8-7-. The quantitative estimate of drug-likeness (QED) is 0.713. The van der Waals surface area contributed by atoms with E-state index in [0.29, 0.717) is 6.42 Å². The van der Waals surface area contributed by atoms with Crippen molar-refractivity contribution in [2.75, 3.05) is 7.05 Å². The van der Waals surface area contributed by atoms with E-state index in [-0.39, 0.29) is 4.91 Å². The molecule has 0 amide bonds. The SMILES string of the molecule is CC/C=C\C(F)=C(/C)S(=O)(=O)NC. The van der Waals surface area contributed by atoms with Crippen LogP contribution >= 0.6 is 0 Å². The highest BCUT2D eigenvalue weighted by atomic mass is 32.2. The molecule has 0 aromatic heterocycles. The predicted octanol–water partition coefficient (Wildman–Crippen LogP) is 1.70. The molecule has 5 heteroatoms. The summed E-state index contributed by atoms with van der Waals surface area (Å²) in [5.41, 5.74) is 0. The van der Waals surface area contributed by atoms with Crippen molar-refractivity contribution in [1.82, 2.24) is 4.72 Å². The minimum Gasteiger partial charge on any atom is -0.214 e. The summed E-state index contributed by atoms with van der Waals surface area (Å²) >= 11 is 0. The summed E-state index contributed by atoms with van der Waals surface area (Å²) in [6.45, 7) is 3.06. The molecule has 76 valence electrons. The minimum atomic E-state index is -3.62. The van der Waals surface area contributed by atoms with Crippen molar-refractivity contribution in [3.63, 3.8) is 0 Å². The zero-order valence-electron chi connectivity index (χ0n) is 7.96. The lowest BCUT2D eigenvalue weighted by atomic mass is 10.4. The van der Waals surface area contributed by atoms with Crippen LogP contribution in [0.5, 0.6) is 0 Å². The summed E-state index contributed by atoms with van der Waals surface area (Å²) in [6, 6.07) is 0. The third kappa shape index (κ3) is 3.69. The van der Waals surface area contributed by atoms with Gasteiger partial charge >= 0.3 is 0 Å². The van der Waals surface area contributed by atoms with Gasteiger partial charge in [0.05, 0.1) is 4.91 Å². The van der Waals surface area contributed by atoms with E-state index in [1.807, 2.05) is 11.6 Å². The maximum atomic E-state index is 13.0. The minimum absolute atomic E-state index is 0.292. The number of nitrogens with one attached hydrogen (secondary N) is 1. The molecular formula is C8H14FNO2S. The normalized spacial score (nSPS) is 14.8. The Morgan fingerprint density at radius 2 is 2.08 bits per heavy atom. The Morgan fingerprint density at radius 3 is 2.46 bits per heavy atom. The zero-order valence-corrected chi connectivity index (χ0v) is 8.78. The topological polar surface area (TPSA) is 46.2 Å². The molecule has 0 aromatic rings. The van der Waals surface area contributed by atoms with Gasteiger partial charge in [-0.3, -0.25) is 0 Å². The molecule has 1 N–H and O–H groups in total. The molecule has 13 heavy (non-hydrogen) atoms. The van der Waals surface area contributed by atoms with Gasteiger partial charge in [0.1, 0.15) is 5.83 Å². The Hall–Kier alpha value is -0.680. The summed E-state index contributed by atoms with van der Waals surface area (Å²) in [7, 11) is -2.38. The van der Waals surface area contributed by atoms with Crippen molar-refractivity contribution < 1.29 is 12.8 Å². The molecule has 0 radical (unpaired) electrons. The Balaban J connectivity index is 4.93. The van der Waals surface area contributed by atoms with Gasteiger partial charge in [-0.1, -0.05) is 13.0 Å². The molecule has 0 atom stereocenters. The molecule has 0 saturated heterocycles. The van der Waals surface area contributed by atoms with Crippen LogP contribution < -0.4 is 4.72 Å². The van der Waals surface area contributed by atoms with Gasteiger partial charge in [-0.05, 0) is 26.5 Å². The van der Waals surface area contributed by atoms with E-state index in [2.05, 4.69) is 0 Å². The Bertz CT molecular complexity index is 317. The lowest BCUT2D eigenvalue weighted by Gasteiger charge is -2.01. The highest BCUT2D eigenvalue weighted by molar-refractivity contribution is 7.93. The van der Waals surface area contributed by atoms with Gasteiger partial charge < -0.3 is 0 Å². The fourth-order valence-electron chi connectivity index (χ4n) is 0.620. The molecule has 0 aliphatic heterocycles. The van der Waals surface area contributed by atoms with Gasteiger partial charge in [0.2, 0.25) is 10.0 Å². The van der Waals surface area contributed by atoms with E-state index in [1.165, 1.54) is 14.0 Å². The van der Waals surface area contributed by atoms with Gasteiger partial charge in [-0.15, -0.1) is 0 Å². The number of halogens is 1. The number of hydrogen-bond acceptors (Lipinski definition) is 2. The fraction of sp³-hybridized carbons (Fsp3) is 0.500. The van der Waals surface area contributed by atoms with Crippen LogP contribution in [-0.4, -0.2) is 15.5 Å². The lowest BCUT2D eigenvalue weighted by molar-refractivity contribution is 0.589. The van der Waals surface area contributed by atoms with Crippen LogP contribution in [0.25, 0.3) is 0 Å². The van der Waals surface area contributed by atoms with E-state index in [9.17, 15) is 12.8 Å². The smallest absolute Gasteiger partial charge is 0.214 e. The van der Waals surface area contributed by atoms with Crippen molar-refractivity contribution in [1.29, 1.82) is 0 Å². The fourth-order valence-corrected chi connectivity index (χ4v) is 1.25. The largest absolute Gasteiger partial charge is 0.239 e. The van der Waals surface area contributed by atoms with E-state index >= 15 is 0 Å². The van der Waals surface area contributed by atoms with Crippen molar-refractivity contribution in [2.45, 2.75) is 20.3 Å². The molecule has 3 nitrogen and oxygen atoms in total. The van der Waals surface area contributed by atoms with Crippen LogP contribution in [0.1, 0.15) is 20.3 Å². The summed E-state index contributed by atoms with van der Waals surface area (Å²) < 4.78 is 37.2. The van der Waals surface area contributed by atoms with Gasteiger partial charge in [0.15, 0.2) is 0 Å². The maximum absolute atomic E-state index is 13.0. The lowest BCUT2D eigenvalue weighted by Crippen LogP contribution is -2.19. The Kier molecular flexibility index (Phi) is 4.87. The maximum Gasteiger partial charge on any atom is 0.239 e. The van der Waals surface area contributed by atoms with E-state index in [4.69, 9.17) is 0 Å². The third-order valence-electron chi connectivity index (χ3n) is 1.51. The van der Waals surface area contributed by atoms with E-state index in [0.717, 1.165) is 6.08 Å². The average molecular weight is 207 g/mol. The predicted molar refractivity (Wildman–Crippen MR) is 51.2 cm³/mol. The molecule has 0 saturated carbocycles. The molecule has 0 aliphatic carbocycles. The van der Waals surface area contributed by atoms with Crippen LogP contribution in [0, 0.1) is 0 Å². The second kappa shape index (κ2) is 5.14. The van der Waals surface area contributed by atoms with Crippen LogP contribution in [-0.2, 0) is 10.0 Å². The highest BCUT2D eigenvalue weighted by Crippen LogP contribution is 2.12. The van der Waals surface area contributed by atoms with Crippen molar-refractivity contribution in [2.24, 2.45) is 0 Å². The molecule has 0 aromatic carbocycles. The molecule has 0 aliphatic rings. The average Bonchev–Trinajstić information content (AvgIpc) is 2.12. The number of hydrogen-bond donors (Lipinski definition) is 1. The first-order valence-corrected chi connectivity index (χ1v) is 5.40. The van der Waals surface area contributed by atoms with Gasteiger partial charge in [0, 0.05) is 0 Å².